The van der Waals surface area contributed by atoms with Crippen LogP contribution in [0.15, 0.2) is 66.7 Å². The molecular formula is C28H29ClN4O3. The number of fused-ring (bicyclic) bond motifs is 4. The average Bonchev–Trinajstić information content (AvgIpc) is 3.16. The Morgan fingerprint density at radius 3 is 2.53 bits per heavy atom. The molecule has 0 radical (unpaired) electrons. The molecule has 36 heavy (non-hydrogen) atoms. The number of benzene rings is 3. The van der Waals surface area contributed by atoms with Crippen molar-refractivity contribution in [2.45, 2.75) is 25.5 Å². The van der Waals surface area contributed by atoms with Gasteiger partial charge in [0, 0.05) is 59.2 Å². The Bertz CT molecular complexity index is 1440. The van der Waals surface area contributed by atoms with Gasteiger partial charge in [0.15, 0.2) is 0 Å². The third-order valence-electron chi connectivity index (χ3n) is 7.29. The summed E-state index contributed by atoms with van der Waals surface area (Å²) in [4.78, 5) is 29.3. The summed E-state index contributed by atoms with van der Waals surface area (Å²) in [6.45, 7) is 2.18. The number of para-hydroxylation sites is 2. The number of hydrogen-bond acceptors (Lipinski definition) is 4. The molecule has 0 saturated carbocycles. The molecule has 2 amide bonds. The number of ether oxygens (including phenoxy) is 1. The Morgan fingerprint density at radius 1 is 0.972 bits per heavy atom. The summed E-state index contributed by atoms with van der Waals surface area (Å²) in [6.07, 6.45) is 1.33. The number of aromatic nitrogens is 1. The summed E-state index contributed by atoms with van der Waals surface area (Å²) in [6, 6.07) is 22.4. The number of nitrogens with zero attached hydrogens (tertiary/aromatic N) is 3. The van der Waals surface area contributed by atoms with Gasteiger partial charge >= 0.3 is 6.09 Å². The summed E-state index contributed by atoms with van der Waals surface area (Å²) in [5.41, 5.74) is 5.11. The highest BCUT2D eigenvalue weighted by Crippen LogP contribution is 2.32. The van der Waals surface area contributed by atoms with E-state index in [9.17, 15) is 9.59 Å². The molecule has 3 heterocycles. The van der Waals surface area contributed by atoms with Crippen LogP contribution in [-0.2, 0) is 23.2 Å². The molecule has 0 atom stereocenters. The maximum absolute atomic E-state index is 12.8. The van der Waals surface area contributed by atoms with E-state index in [1.54, 1.807) is 4.90 Å². The van der Waals surface area contributed by atoms with Crippen LogP contribution >= 0.6 is 12.4 Å². The highest BCUT2D eigenvalue weighted by molar-refractivity contribution is 6.09. The Morgan fingerprint density at radius 2 is 1.69 bits per heavy atom. The summed E-state index contributed by atoms with van der Waals surface area (Å²) < 4.78 is 7.57. The predicted octanol–water partition coefficient (Wildman–Crippen LogP) is 5.31. The zero-order valence-corrected chi connectivity index (χ0v) is 21.0. The molecule has 8 heteroatoms. The monoisotopic (exact) mass is 504 g/mol. The quantitative estimate of drug-likeness (QED) is 0.409. The first-order valence-corrected chi connectivity index (χ1v) is 12.1. The molecule has 7 nitrogen and oxygen atoms in total. The van der Waals surface area contributed by atoms with Crippen LogP contribution in [0.5, 0.6) is 0 Å². The van der Waals surface area contributed by atoms with Crippen molar-refractivity contribution in [1.29, 1.82) is 0 Å². The summed E-state index contributed by atoms with van der Waals surface area (Å²) in [7, 11) is 2.06. The fourth-order valence-electron chi connectivity index (χ4n) is 5.51. The highest BCUT2D eigenvalue weighted by Gasteiger charge is 2.34. The number of carbonyl (C=O) groups is 2. The van der Waals surface area contributed by atoms with E-state index < -0.39 is 0 Å². The van der Waals surface area contributed by atoms with Gasteiger partial charge in [-0.25, -0.2) is 4.79 Å². The minimum absolute atomic E-state index is 0. The van der Waals surface area contributed by atoms with Crippen LogP contribution in [0.1, 0.15) is 18.4 Å². The summed E-state index contributed by atoms with van der Waals surface area (Å²) >= 11 is 0. The SMILES string of the molecule is Cl.Cn1c2ccccc2c2cc(NC(=O)CN3CCC(N4C(=O)OCc5ccccc54)CC3)ccc21. The van der Waals surface area contributed by atoms with Crippen molar-refractivity contribution >= 4 is 57.6 Å². The number of nitrogens with one attached hydrogen (secondary N) is 1. The van der Waals surface area contributed by atoms with E-state index in [2.05, 4.69) is 46.1 Å². The van der Waals surface area contributed by atoms with E-state index >= 15 is 0 Å². The van der Waals surface area contributed by atoms with E-state index in [4.69, 9.17) is 4.74 Å². The van der Waals surface area contributed by atoms with Crippen molar-refractivity contribution in [3.63, 3.8) is 0 Å². The van der Waals surface area contributed by atoms with Crippen LogP contribution in [0, 0.1) is 0 Å². The first-order valence-electron chi connectivity index (χ1n) is 12.1. The van der Waals surface area contributed by atoms with Crippen molar-refractivity contribution in [2.75, 3.05) is 29.9 Å². The van der Waals surface area contributed by atoms with Crippen LogP contribution in [0.4, 0.5) is 16.2 Å². The number of anilines is 2. The summed E-state index contributed by atoms with van der Waals surface area (Å²) in [5.74, 6) is -0.0224. The molecule has 2 aliphatic rings. The molecule has 3 aromatic carbocycles. The van der Waals surface area contributed by atoms with Gasteiger partial charge in [0.2, 0.25) is 5.91 Å². The van der Waals surface area contributed by atoms with Gasteiger partial charge in [-0.05, 0) is 43.2 Å². The van der Waals surface area contributed by atoms with E-state index in [0.717, 1.165) is 53.8 Å². The molecule has 2 aliphatic heterocycles. The minimum atomic E-state index is -0.274. The van der Waals surface area contributed by atoms with Gasteiger partial charge in [0.05, 0.1) is 12.2 Å². The topological polar surface area (TPSA) is 66.8 Å². The van der Waals surface area contributed by atoms with Crippen molar-refractivity contribution in [3.05, 3.63) is 72.3 Å². The van der Waals surface area contributed by atoms with Gasteiger partial charge in [-0.1, -0.05) is 36.4 Å². The van der Waals surface area contributed by atoms with Gasteiger partial charge in [-0.3, -0.25) is 14.6 Å². The number of rotatable bonds is 4. The number of aryl methyl sites for hydroxylation is 1. The lowest BCUT2D eigenvalue weighted by molar-refractivity contribution is -0.117. The largest absolute Gasteiger partial charge is 0.444 e. The van der Waals surface area contributed by atoms with Crippen molar-refractivity contribution in [2.24, 2.45) is 7.05 Å². The fourth-order valence-corrected chi connectivity index (χ4v) is 5.51. The van der Waals surface area contributed by atoms with Crippen LogP contribution in [0.3, 0.4) is 0 Å². The van der Waals surface area contributed by atoms with Crippen LogP contribution < -0.4 is 10.2 Å². The van der Waals surface area contributed by atoms with Crippen LogP contribution in [-0.4, -0.2) is 47.1 Å². The van der Waals surface area contributed by atoms with Gasteiger partial charge in [-0.2, -0.15) is 0 Å². The Hall–Kier alpha value is -3.55. The smallest absolute Gasteiger partial charge is 0.414 e. The van der Waals surface area contributed by atoms with Crippen molar-refractivity contribution in [1.82, 2.24) is 9.47 Å². The number of carbonyl (C=O) groups excluding carboxylic acids is 2. The lowest BCUT2D eigenvalue weighted by Gasteiger charge is -2.40. The molecule has 1 fully saturated rings. The Kier molecular flexibility index (Phi) is 6.60. The number of halogens is 1. The normalized spacial score (nSPS) is 16.5. The van der Waals surface area contributed by atoms with Gasteiger partial charge in [-0.15, -0.1) is 12.4 Å². The second kappa shape index (κ2) is 9.84. The first kappa shape index (κ1) is 24.2. The molecule has 0 spiro atoms. The van der Waals surface area contributed by atoms with E-state index in [0.29, 0.717) is 13.2 Å². The zero-order valence-electron chi connectivity index (χ0n) is 20.1. The predicted molar refractivity (Wildman–Crippen MR) is 145 cm³/mol. The number of amides is 2. The van der Waals surface area contributed by atoms with Crippen LogP contribution in [0.25, 0.3) is 21.8 Å². The van der Waals surface area contributed by atoms with E-state index in [1.807, 2.05) is 42.5 Å². The number of cyclic esters (lactones) is 1. The molecule has 6 rings (SSSR count). The van der Waals surface area contributed by atoms with E-state index in [1.165, 1.54) is 10.9 Å². The second-order valence-electron chi connectivity index (χ2n) is 9.42. The van der Waals surface area contributed by atoms with Crippen molar-refractivity contribution < 1.29 is 14.3 Å². The Labute approximate surface area is 216 Å². The van der Waals surface area contributed by atoms with Gasteiger partial charge in [0.1, 0.15) is 6.61 Å². The molecule has 1 N–H and O–H groups in total. The molecule has 4 aromatic rings. The molecule has 1 saturated heterocycles. The molecule has 0 aliphatic carbocycles. The maximum Gasteiger partial charge on any atom is 0.414 e. The third kappa shape index (κ3) is 4.29. The second-order valence-corrected chi connectivity index (χ2v) is 9.42. The summed E-state index contributed by atoms with van der Waals surface area (Å²) in [5, 5.41) is 5.39. The molecule has 0 unspecified atom stereocenters. The van der Waals surface area contributed by atoms with Gasteiger partial charge < -0.3 is 14.6 Å². The molecular weight excluding hydrogens is 476 g/mol. The number of likely N-dealkylation sites (tertiary alicyclic amines) is 1. The number of hydrogen-bond donors (Lipinski definition) is 1. The molecule has 186 valence electrons. The minimum Gasteiger partial charge on any atom is -0.444 e. The third-order valence-corrected chi connectivity index (χ3v) is 7.29. The number of piperidine rings is 1. The first-order chi connectivity index (χ1) is 17.1. The maximum atomic E-state index is 12.8. The fraction of sp³-hybridized carbons (Fsp3) is 0.286. The Balaban J connectivity index is 0.00000267. The van der Waals surface area contributed by atoms with E-state index in [-0.39, 0.29) is 30.4 Å². The van der Waals surface area contributed by atoms with Crippen LogP contribution in [0.2, 0.25) is 0 Å². The highest BCUT2D eigenvalue weighted by atomic mass is 35.5. The standard InChI is InChI=1S/C28H28N4O3.ClH/c1-30-25-9-5-3-7-22(25)23-16-20(10-11-26(23)30)29-27(33)17-31-14-12-21(13-15-31)32-24-8-4-2-6-19(24)18-35-28(32)34;/h2-11,16,21H,12-15,17-18H2,1H3,(H,29,33);1H. The molecule has 1 aromatic heterocycles. The average molecular weight is 505 g/mol. The van der Waals surface area contributed by atoms with Gasteiger partial charge in [0.25, 0.3) is 0 Å². The lowest BCUT2D eigenvalue weighted by atomic mass is 10.0. The molecule has 0 bridgehead atoms. The lowest BCUT2D eigenvalue weighted by Crippen LogP contribution is -2.50. The zero-order chi connectivity index (χ0) is 23.9. The van der Waals surface area contributed by atoms with Crippen molar-refractivity contribution in [3.8, 4) is 0 Å².